The smallest absolute Gasteiger partial charge is 0.330 e. The number of ether oxygens (including phenoxy) is 2. The number of benzene rings is 2. The van der Waals surface area contributed by atoms with Crippen molar-refractivity contribution < 1.29 is 28.9 Å². The molecule has 0 aliphatic heterocycles. The summed E-state index contributed by atoms with van der Waals surface area (Å²) in [6.45, 7) is 0.305. The molecule has 0 atom stereocenters. The van der Waals surface area contributed by atoms with Crippen molar-refractivity contribution in [1.29, 1.82) is 0 Å². The zero-order chi connectivity index (χ0) is 23.3. The number of nitro benzene ring substituents is 2. The molecular weight excluding hydrogens is 420 g/mol. The van der Waals surface area contributed by atoms with Crippen LogP contribution in [0.4, 0.5) is 11.4 Å². The molecule has 0 spiro atoms. The van der Waals surface area contributed by atoms with Gasteiger partial charge in [-0.05, 0) is 60.4 Å². The first-order valence-electron chi connectivity index (χ1n) is 9.54. The average Bonchev–Trinajstić information content (AvgIpc) is 2.79. The molecular formula is C22H20N2O8. The summed E-state index contributed by atoms with van der Waals surface area (Å²) in [4.78, 5) is 43.5. The Balaban J connectivity index is 1.60. The lowest BCUT2D eigenvalue weighted by molar-refractivity contribution is -0.385. The van der Waals surface area contributed by atoms with Gasteiger partial charge in [0.1, 0.15) is 0 Å². The van der Waals surface area contributed by atoms with E-state index in [9.17, 15) is 29.8 Å². The Kier molecular flexibility index (Phi) is 9.26. The van der Waals surface area contributed by atoms with Crippen LogP contribution in [-0.4, -0.2) is 35.0 Å². The molecule has 0 saturated heterocycles. The van der Waals surface area contributed by atoms with Crippen LogP contribution in [0.1, 0.15) is 24.0 Å². The molecule has 0 aromatic heterocycles. The minimum atomic E-state index is -0.550. The molecule has 0 heterocycles. The Morgan fingerprint density at radius 1 is 0.688 bits per heavy atom. The minimum absolute atomic E-state index is 0.0349. The highest BCUT2D eigenvalue weighted by atomic mass is 16.6. The fourth-order valence-corrected chi connectivity index (χ4v) is 2.39. The van der Waals surface area contributed by atoms with Crippen molar-refractivity contribution in [2.24, 2.45) is 0 Å². The predicted octanol–water partition coefficient (Wildman–Crippen LogP) is 4.10. The lowest BCUT2D eigenvalue weighted by atomic mass is 10.2. The van der Waals surface area contributed by atoms with E-state index in [1.165, 1.54) is 72.8 Å². The SMILES string of the molecule is O=C(C=Cc1ccc([N+](=O)[O-])cc1)OCCCCOC(=O)/C=C/c1ccc([N+](=O)[O-])cc1. The topological polar surface area (TPSA) is 139 Å². The molecule has 10 nitrogen and oxygen atoms in total. The van der Waals surface area contributed by atoms with Crippen LogP contribution in [0.2, 0.25) is 0 Å². The van der Waals surface area contributed by atoms with E-state index in [4.69, 9.17) is 9.47 Å². The molecule has 2 rings (SSSR count). The molecule has 0 aliphatic carbocycles. The lowest BCUT2D eigenvalue weighted by Crippen LogP contribution is -2.06. The summed E-state index contributed by atoms with van der Waals surface area (Å²) in [5, 5.41) is 21.2. The van der Waals surface area contributed by atoms with E-state index in [0.717, 1.165) is 0 Å². The molecule has 2 aromatic rings. The summed E-state index contributed by atoms with van der Waals surface area (Å²) >= 11 is 0. The number of nitrogens with zero attached hydrogens (tertiary/aromatic N) is 2. The highest BCUT2D eigenvalue weighted by molar-refractivity contribution is 5.87. The maximum atomic E-state index is 11.7. The van der Waals surface area contributed by atoms with Gasteiger partial charge in [-0.1, -0.05) is 0 Å². The molecule has 10 heteroatoms. The average molecular weight is 440 g/mol. The number of unbranched alkanes of at least 4 members (excludes halogenated alkanes) is 1. The van der Waals surface area contributed by atoms with Gasteiger partial charge in [-0.2, -0.15) is 0 Å². The molecule has 0 bridgehead atoms. The van der Waals surface area contributed by atoms with Crippen molar-refractivity contribution in [2.45, 2.75) is 12.8 Å². The van der Waals surface area contributed by atoms with Crippen LogP contribution in [0, 0.1) is 20.2 Å². The molecule has 32 heavy (non-hydrogen) atoms. The Hall–Kier alpha value is -4.34. The second kappa shape index (κ2) is 12.4. The van der Waals surface area contributed by atoms with Crippen molar-refractivity contribution in [2.75, 3.05) is 13.2 Å². The van der Waals surface area contributed by atoms with Gasteiger partial charge in [0.05, 0.1) is 23.1 Å². The quantitative estimate of drug-likeness (QED) is 0.167. The maximum Gasteiger partial charge on any atom is 0.330 e. The summed E-state index contributed by atoms with van der Waals surface area (Å²) in [6, 6.07) is 11.4. The standard InChI is InChI=1S/C22H20N2O8/c25-21(13-7-17-3-9-19(10-4-17)23(27)28)31-15-1-2-16-32-22(26)14-8-18-5-11-20(12-6-18)24(29)30/h3-14H,1-2,15-16H2/b13-7+,14-8?. The minimum Gasteiger partial charge on any atom is -0.463 e. The Labute approximate surface area is 183 Å². The van der Waals surface area contributed by atoms with E-state index in [-0.39, 0.29) is 24.6 Å². The lowest BCUT2D eigenvalue weighted by Gasteiger charge is -2.03. The van der Waals surface area contributed by atoms with Crippen LogP contribution in [0.25, 0.3) is 12.2 Å². The van der Waals surface area contributed by atoms with Gasteiger partial charge in [0.2, 0.25) is 0 Å². The van der Waals surface area contributed by atoms with Gasteiger partial charge in [-0.25, -0.2) is 9.59 Å². The number of carbonyl (C=O) groups excluding carboxylic acids is 2. The van der Waals surface area contributed by atoms with Crippen LogP contribution in [0.5, 0.6) is 0 Å². The number of carbonyl (C=O) groups is 2. The van der Waals surface area contributed by atoms with Gasteiger partial charge in [-0.15, -0.1) is 0 Å². The van der Waals surface area contributed by atoms with Crippen LogP contribution < -0.4 is 0 Å². The fourth-order valence-electron chi connectivity index (χ4n) is 2.39. The monoisotopic (exact) mass is 440 g/mol. The molecule has 166 valence electrons. The number of rotatable bonds is 11. The summed E-state index contributed by atoms with van der Waals surface area (Å²) in [5.41, 5.74) is 1.18. The van der Waals surface area contributed by atoms with Crippen LogP contribution in [0.3, 0.4) is 0 Å². The molecule has 0 unspecified atom stereocenters. The first-order valence-corrected chi connectivity index (χ1v) is 9.54. The van der Waals surface area contributed by atoms with E-state index in [1.54, 1.807) is 0 Å². The molecule has 0 saturated carbocycles. The van der Waals surface area contributed by atoms with Gasteiger partial charge in [0.15, 0.2) is 0 Å². The molecule has 0 N–H and O–H groups in total. The molecule has 0 amide bonds. The predicted molar refractivity (Wildman–Crippen MR) is 115 cm³/mol. The summed E-state index contributed by atoms with van der Waals surface area (Å²) in [7, 11) is 0. The Morgan fingerprint density at radius 2 is 1.03 bits per heavy atom. The van der Waals surface area contributed by atoms with Crippen LogP contribution >= 0.6 is 0 Å². The normalized spacial score (nSPS) is 10.9. The van der Waals surface area contributed by atoms with E-state index in [1.807, 2.05) is 0 Å². The second-order valence-corrected chi connectivity index (χ2v) is 6.41. The zero-order valence-corrected chi connectivity index (χ0v) is 16.9. The van der Waals surface area contributed by atoms with Crippen LogP contribution in [-0.2, 0) is 19.1 Å². The van der Waals surface area contributed by atoms with Gasteiger partial charge < -0.3 is 9.47 Å². The molecule has 0 fully saturated rings. The summed E-state index contributed by atoms with van der Waals surface area (Å²) in [6.07, 6.45) is 6.43. The Morgan fingerprint density at radius 3 is 1.34 bits per heavy atom. The Bertz CT molecular complexity index is 928. The van der Waals surface area contributed by atoms with Gasteiger partial charge >= 0.3 is 11.9 Å². The second-order valence-electron chi connectivity index (χ2n) is 6.41. The van der Waals surface area contributed by atoms with Crippen molar-refractivity contribution >= 4 is 35.5 Å². The number of hydrogen-bond donors (Lipinski definition) is 0. The van der Waals surface area contributed by atoms with Crippen LogP contribution in [0.15, 0.2) is 60.7 Å². The van der Waals surface area contributed by atoms with Crippen molar-refractivity contribution in [3.63, 3.8) is 0 Å². The number of esters is 2. The first kappa shape index (κ1) is 23.9. The largest absolute Gasteiger partial charge is 0.463 e. The van der Waals surface area contributed by atoms with Crippen molar-refractivity contribution in [3.8, 4) is 0 Å². The fraction of sp³-hybridized carbons (Fsp3) is 0.182. The third-order valence-corrected chi connectivity index (χ3v) is 4.06. The summed E-state index contributed by atoms with van der Waals surface area (Å²) in [5.74, 6) is -1.10. The van der Waals surface area contributed by atoms with Crippen molar-refractivity contribution in [1.82, 2.24) is 0 Å². The number of hydrogen-bond acceptors (Lipinski definition) is 8. The number of nitro groups is 2. The van der Waals surface area contributed by atoms with Gasteiger partial charge in [0, 0.05) is 36.4 Å². The highest BCUT2D eigenvalue weighted by Gasteiger charge is 2.04. The zero-order valence-electron chi connectivity index (χ0n) is 16.9. The van der Waals surface area contributed by atoms with E-state index >= 15 is 0 Å². The van der Waals surface area contributed by atoms with E-state index in [0.29, 0.717) is 24.0 Å². The highest BCUT2D eigenvalue weighted by Crippen LogP contribution is 2.14. The third kappa shape index (κ3) is 8.57. The maximum absolute atomic E-state index is 11.7. The van der Waals surface area contributed by atoms with E-state index < -0.39 is 21.8 Å². The third-order valence-electron chi connectivity index (χ3n) is 4.06. The van der Waals surface area contributed by atoms with Gasteiger partial charge in [0.25, 0.3) is 11.4 Å². The molecule has 0 aliphatic rings. The number of non-ortho nitro benzene ring substituents is 2. The molecule has 2 aromatic carbocycles. The first-order chi connectivity index (χ1) is 15.3. The molecule has 0 radical (unpaired) electrons. The van der Waals surface area contributed by atoms with Crippen molar-refractivity contribution in [3.05, 3.63) is 92.0 Å². The van der Waals surface area contributed by atoms with Gasteiger partial charge in [-0.3, -0.25) is 20.2 Å². The summed E-state index contributed by atoms with van der Waals surface area (Å²) < 4.78 is 10.1. The van der Waals surface area contributed by atoms with E-state index in [2.05, 4.69) is 0 Å².